The average molecular weight is 283 g/mol. The molecule has 0 radical (unpaired) electrons. The maximum Gasteiger partial charge on any atom is 0.0659 e. The fourth-order valence-corrected chi connectivity index (χ4v) is 3.17. The first-order chi connectivity index (χ1) is 10.4. The Hall–Kier alpha value is -1.61. The molecule has 1 heterocycles. The number of nitrogens with zero attached hydrogens (tertiary/aromatic N) is 2. The van der Waals surface area contributed by atoms with Crippen molar-refractivity contribution >= 4 is 0 Å². The Kier molecular flexibility index (Phi) is 5.06. The minimum atomic E-state index is 0.851. The van der Waals surface area contributed by atoms with Crippen molar-refractivity contribution in [3.8, 4) is 0 Å². The molecular formula is C18H25N3. The normalized spacial score (nSPS) is 16.2. The van der Waals surface area contributed by atoms with Crippen molar-refractivity contribution in [3.05, 3.63) is 53.9 Å². The van der Waals surface area contributed by atoms with Gasteiger partial charge in [0.2, 0.25) is 0 Å². The van der Waals surface area contributed by atoms with Crippen LogP contribution in [0.15, 0.2) is 42.7 Å². The molecule has 1 saturated carbocycles. The molecule has 1 N–H and O–H groups in total. The first-order valence-electron chi connectivity index (χ1n) is 8.16. The molecule has 1 fully saturated rings. The average Bonchev–Trinajstić information content (AvgIpc) is 2.97. The predicted molar refractivity (Wildman–Crippen MR) is 86.1 cm³/mol. The van der Waals surface area contributed by atoms with Gasteiger partial charge in [0.1, 0.15) is 0 Å². The van der Waals surface area contributed by atoms with Crippen LogP contribution in [-0.4, -0.2) is 16.3 Å². The fraction of sp³-hybridized carbons (Fsp3) is 0.500. The summed E-state index contributed by atoms with van der Waals surface area (Å²) in [6.07, 6.45) is 11.2. The fourth-order valence-electron chi connectivity index (χ4n) is 3.17. The smallest absolute Gasteiger partial charge is 0.0659 e. The zero-order chi connectivity index (χ0) is 14.3. The largest absolute Gasteiger partial charge is 0.312 e. The van der Waals surface area contributed by atoms with Crippen molar-refractivity contribution < 1.29 is 0 Å². The van der Waals surface area contributed by atoms with Crippen molar-refractivity contribution in [2.75, 3.05) is 6.54 Å². The van der Waals surface area contributed by atoms with Gasteiger partial charge in [-0.15, -0.1) is 0 Å². The second-order valence-corrected chi connectivity index (χ2v) is 6.17. The van der Waals surface area contributed by atoms with Gasteiger partial charge < -0.3 is 5.32 Å². The lowest BCUT2D eigenvalue weighted by Gasteiger charge is -2.21. The van der Waals surface area contributed by atoms with E-state index in [1.165, 1.54) is 43.2 Å². The monoisotopic (exact) mass is 283 g/mol. The maximum absolute atomic E-state index is 4.45. The summed E-state index contributed by atoms with van der Waals surface area (Å²) >= 11 is 0. The maximum atomic E-state index is 4.45. The van der Waals surface area contributed by atoms with Gasteiger partial charge >= 0.3 is 0 Å². The van der Waals surface area contributed by atoms with Crippen LogP contribution in [0.5, 0.6) is 0 Å². The Bertz CT molecular complexity index is 526. The van der Waals surface area contributed by atoms with E-state index in [9.17, 15) is 0 Å². The molecule has 1 aromatic carbocycles. The first kappa shape index (κ1) is 14.3. The second kappa shape index (κ2) is 7.41. The summed E-state index contributed by atoms with van der Waals surface area (Å²) in [5.41, 5.74) is 2.57. The van der Waals surface area contributed by atoms with Crippen molar-refractivity contribution in [2.45, 2.75) is 45.2 Å². The molecule has 1 aliphatic carbocycles. The van der Waals surface area contributed by atoms with E-state index in [-0.39, 0.29) is 0 Å². The number of hydrogen-bond donors (Lipinski definition) is 1. The topological polar surface area (TPSA) is 29.9 Å². The lowest BCUT2D eigenvalue weighted by Crippen LogP contribution is -2.23. The highest BCUT2D eigenvalue weighted by atomic mass is 15.3. The van der Waals surface area contributed by atoms with Crippen LogP contribution in [0.25, 0.3) is 0 Å². The van der Waals surface area contributed by atoms with Crippen LogP contribution in [0, 0.1) is 5.92 Å². The lowest BCUT2D eigenvalue weighted by atomic mass is 9.89. The van der Waals surface area contributed by atoms with Crippen molar-refractivity contribution in [2.24, 2.45) is 5.92 Å². The number of hydrogen-bond acceptors (Lipinski definition) is 2. The highest BCUT2D eigenvalue weighted by Crippen LogP contribution is 2.22. The standard InChI is InChI=1S/C18H25N3/c1-3-7-16(8-4-1)11-19-12-18-13-20-21(15-18)14-17-9-5-2-6-10-17/h2,5-6,9-10,13,15-16,19H,1,3-4,7-8,11-12,14H2. The predicted octanol–water partition coefficient (Wildman–Crippen LogP) is 3.60. The van der Waals surface area contributed by atoms with Crippen LogP contribution >= 0.6 is 0 Å². The molecule has 1 aliphatic rings. The third-order valence-electron chi connectivity index (χ3n) is 4.36. The summed E-state index contributed by atoms with van der Waals surface area (Å²) in [4.78, 5) is 0. The van der Waals surface area contributed by atoms with Crippen LogP contribution in [0.4, 0.5) is 0 Å². The van der Waals surface area contributed by atoms with Crippen molar-refractivity contribution in [3.63, 3.8) is 0 Å². The summed E-state index contributed by atoms with van der Waals surface area (Å²) in [6.45, 7) is 2.94. The number of rotatable bonds is 6. The summed E-state index contributed by atoms with van der Waals surface area (Å²) < 4.78 is 2.02. The third kappa shape index (κ3) is 4.43. The molecule has 112 valence electrons. The number of nitrogens with one attached hydrogen (secondary N) is 1. The van der Waals surface area contributed by atoms with Crippen LogP contribution in [-0.2, 0) is 13.1 Å². The molecule has 1 aromatic heterocycles. The third-order valence-corrected chi connectivity index (χ3v) is 4.36. The van der Waals surface area contributed by atoms with Gasteiger partial charge in [-0.3, -0.25) is 4.68 Å². The highest BCUT2D eigenvalue weighted by Gasteiger charge is 2.12. The van der Waals surface area contributed by atoms with Gasteiger partial charge in [0.05, 0.1) is 12.7 Å². The zero-order valence-corrected chi connectivity index (χ0v) is 12.7. The van der Waals surface area contributed by atoms with E-state index in [2.05, 4.69) is 40.9 Å². The van der Waals surface area contributed by atoms with Crippen molar-refractivity contribution in [1.82, 2.24) is 15.1 Å². The molecule has 0 spiro atoms. The van der Waals surface area contributed by atoms with Gasteiger partial charge in [-0.25, -0.2) is 0 Å². The van der Waals surface area contributed by atoms with Crippen LogP contribution in [0.3, 0.4) is 0 Å². The molecule has 0 amide bonds. The zero-order valence-electron chi connectivity index (χ0n) is 12.7. The molecule has 3 rings (SSSR count). The first-order valence-corrected chi connectivity index (χ1v) is 8.16. The van der Waals surface area contributed by atoms with Crippen LogP contribution < -0.4 is 5.32 Å². The summed E-state index contributed by atoms with van der Waals surface area (Å²) in [7, 11) is 0. The Balaban J connectivity index is 1.44. The van der Waals surface area contributed by atoms with Crippen molar-refractivity contribution in [1.29, 1.82) is 0 Å². The molecule has 0 saturated heterocycles. The van der Waals surface area contributed by atoms with E-state index in [1.807, 2.05) is 16.9 Å². The van der Waals surface area contributed by atoms with Crippen LogP contribution in [0.1, 0.15) is 43.2 Å². The Morgan fingerprint density at radius 1 is 1.05 bits per heavy atom. The molecule has 3 nitrogen and oxygen atoms in total. The van der Waals surface area contributed by atoms with E-state index < -0.39 is 0 Å². The van der Waals surface area contributed by atoms with E-state index >= 15 is 0 Å². The highest BCUT2D eigenvalue weighted by molar-refractivity contribution is 5.15. The minimum Gasteiger partial charge on any atom is -0.312 e. The molecule has 0 aliphatic heterocycles. The molecule has 3 heteroatoms. The van der Waals surface area contributed by atoms with Crippen LogP contribution in [0.2, 0.25) is 0 Å². The van der Waals surface area contributed by atoms with E-state index in [0.29, 0.717) is 0 Å². The minimum absolute atomic E-state index is 0.851. The van der Waals surface area contributed by atoms with Gasteiger partial charge in [0, 0.05) is 18.3 Å². The molecule has 21 heavy (non-hydrogen) atoms. The van der Waals surface area contributed by atoms with E-state index in [1.54, 1.807) is 0 Å². The summed E-state index contributed by atoms with van der Waals surface area (Å²) in [5.74, 6) is 0.887. The summed E-state index contributed by atoms with van der Waals surface area (Å²) in [5, 5.41) is 8.05. The molecule has 2 aromatic rings. The van der Waals surface area contributed by atoms with E-state index in [0.717, 1.165) is 25.6 Å². The van der Waals surface area contributed by atoms with Gasteiger partial charge in [0.15, 0.2) is 0 Å². The Morgan fingerprint density at radius 3 is 2.67 bits per heavy atom. The lowest BCUT2D eigenvalue weighted by molar-refractivity contribution is 0.342. The molecule has 0 atom stereocenters. The van der Waals surface area contributed by atoms with Gasteiger partial charge in [-0.05, 0) is 30.9 Å². The van der Waals surface area contributed by atoms with Gasteiger partial charge in [-0.1, -0.05) is 49.6 Å². The number of aromatic nitrogens is 2. The molecule has 0 unspecified atom stereocenters. The Labute approximate surface area is 127 Å². The molecule has 0 bridgehead atoms. The molecular weight excluding hydrogens is 258 g/mol. The van der Waals surface area contributed by atoms with E-state index in [4.69, 9.17) is 0 Å². The summed E-state index contributed by atoms with van der Waals surface area (Å²) in [6, 6.07) is 10.5. The van der Waals surface area contributed by atoms with Gasteiger partial charge in [0.25, 0.3) is 0 Å². The van der Waals surface area contributed by atoms with Gasteiger partial charge in [-0.2, -0.15) is 5.10 Å². The quantitative estimate of drug-likeness (QED) is 0.878. The Morgan fingerprint density at radius 2 is 1.86 bits per heavy atom. The number of benzene rings is 1. The second-order valence-electron chi connectivity index (χ2n) is 6.17. The SMILES string of the molecule is c1ccc(Cn2cc(CNCC3CCCCC3)cn2)cc1.